The number of aliphatic carboxylic acids is 1. The van der Waals surface area contributed by atoms with E-state index in [9.17, 15) is 24.3 Å². The van der Waals surface area contributed by atoms with Gasteiger partial charge < -0.3 is 26.0 Å². The topological polar surface area (TPSA) is 159 Å². The zero-order valence-electron chi connectivity index (χ0n) is 17.4. The summed E-state index contributed by atoms with van der Waals surface area (Å²) >= 11 is 0. The number of esters is 2. The van der Waals surface area contributed by atoms with Crippen molar-refractivity contribution in [3.8, 4) is 0 Å². The van der Waals surface area contributed by atoms with Crippen molar-refractivity contribution in [2.24, 2.45) is 17.4 Å². The molecule has 0 fully saturated rings. The molecule has 2 rings (SSSR count). The number of hydrogen-bond donors (Lipinski definition) is 3. The number of carboxylic acids is 1. The van der Waals surface area contributed by atoms with Crippen molar-refractivity contribution in [2.45, 2.75) is 38.0 Å². The summed E-state index contributed by atoms with van der Waals surface area (Å²) in [6.45, 7) is -0.174. The van der Waals surface area contributed by atoms with Crippen LogP contribution in [0.4, 0.5) is 0 Å². The first-order valence-corrected chi connectivity index (χ1v) is 9.97. The molecule has 0 heterocycles. The summed E-state index contributed by atoms with van der Waals surface area (Å²) in [6.07, 6.45) is -0.524. The zero-order chi connectivity index (χ0) is 23.6. The number of amides is 1. The van der Waals surface area contributed by atoms with Crippen LogP contribution in [-0.2, 0) is 41.9 Å². The number of ether oxygens (including phenoxy) is 2. The molecular formula is C23H26N2O7. The summed E-state index contributed by atoms with van der Waals surface area (Å²) < 4.78 is 10.2. The van der Waals surface area contributed by atoms with Crippen LogP contribution in [0.2, 0.25) is 0 Å². The van der Waals surface area contributed by atoms with Gasteiger partial charge >= 0.3 is 17.9 Å². The molecule has 32 heavy (non-hydrogen) atoms. The molecule has 0 spiro atoms. The molecule has 0 saturated carbocycles. The van der Waals surface area contributed by atoms with E-state index in [4.69, 9.17) is 20.9 Å². The number of nitrogens with two attached hydrogens (primary N) is 2. The van der Waals surface area contributed by atoms with Crippen LogP contribution in [0.15, 0.2) is 60.7 Å². The second-order valence-corrected chi connectivity index (χ2v) is 7.28. The van der Waals surface area contributed by atoms with Crippen molar-refractivity contribution < 1.29 is 33.8 Å². The van der Waals surface area contributed by atoms with E-state index in [1.165, 1.54) is 0 Å². The molecule has 0 saturated heterocycles. The first kappa shape index (κ1) is 24.5. The molecule has 2 unspecified atom stereocenters. The average Bonchev–Trinajstić information content (AvgIpc) is 2.79. The van der Waals surface area contributed by atoms with Gasteiger partial charge in [-0.15, -0.1) is 0 Å². The summed E-state index contributed by atoms with van der Waals surface area (Å²) in [6, 6.07) is 17.6. The summed E-state index contributed by atoms with van der Waals surface area (Å²) in [5.41, 5.74) is 10.2. The Morgan fingerprint density at radius 2 is 1.38 bits per heavy atom. The zero-order valence-corrected chi connectivity index (χ0v) is 17.4. The van der Waals surface area contributed by atoms with E-state index in [0.29, 0.717) is 5.56 Å². The van der Waals surface area contributed by atoms with Gasteiger partial charge in [-0.25, -0.2) is 9.59 Å². The minimum atomic E-state index is -2.33. The van der Waals surface area contributed by atoms with Crippen molar-refractivity contribution in [1.29, 1.82) is 0 Å². The molecule has 0 bridgehead atoms. The van der Waals surface area contributed by atoms with Crippen LogP contribution in [0.25, 0.3) is 0 Å². The predicted molar refractivity (Wildman–Crippen MR) is 114 cm³/mol. The Morgan fingerprint density at radius 3 is 1.84 bits per heavy atom. The first-order valence-electron chi connectivity index (χ1n) is 9.97. The Labute approximate surface area is 185 Å². The summed E-state index contributed by atoms with van der Waals surface area (Å²) in [5.74, 6) is -5.72. The van der Waals surface area contributed by atoms with Gasteiger partial charge in [0.05, 0.1) is 0 Å². The molecule has 0 aliphatic rings. The molecule has 0 aliphatic carbocycles. The van der Waals surface area contributed by atoms with Gasteiger partial charge in [-0.1, -0.05) is 60.7 Å². The molecule has 9 heteroatoms. The lowest BCUT2D eigenvalue weighted by Crippen LogP contribution is -2.55. The van der Waals surface area contributed by atoms with Gasteiger partial charge in [0, 0.05) is 0 Å². The quantitative estimate of drug-likeness (QED) is 0.330. The number of carboxylic acid groups (broad SMARTS) is 1. The highest BCUT2D eigenvalue weighted by Crippen LogP contribution is 2.19. The average molecular weight is 442 g/mol. The maximum Gasteiger partial charge on any atom is 0.338 e. The molecule has 0 aliphatic heterocycles. The van der Waals surface area contributed by atoms with Gasteiger partial charge in [0.15, 0.2) is 0 Å². The van der Waals surface area contributed by atoms with Crippen LogP contribution in [0.1, 0.15) is 30.4 Å². The van der Waals surface area contributed by atoms with Crippen molar-refractivity contribution in [3.05, 3.63) is 71.8 Å². The van der Waals surface area contributed by atoms with E-state index >= 15 is 0 Å². The fraction of sp³-hybridized carbons (Fsp3) is 0.304. The Hall–Kier alpha value is -3.72. The second kappa shape index (κ2) is 11.6. The summed E-state index contributed by atoms with van der Waals surface area (Å²) in [4.78, 5) is 48.0. The van der Waals surface area contributed by atoms with E-state index in [1.807, 2.05) is 6.07 Å². The Kier molecular flexibility index (Phi) is 8.91. The van der Waals surface area contributed by atoms with E-state index in [0.717, 1.165) is 5.56 Å². The van der Waals surface area contributed by atoms with Crippen molar-refractivity contribution in [1.82, 2.24) is 0 Å². The van der Waals surface area contributed by atoms with Gasteiger partial charge in [-0.2, -0.15) is 0 Å². The molecule has 5 N–H and O–H groups in total. The Balaban J connectivity index is 1.92. The Bertz CT molecular complexity index is 934. The molecule has 2 aromatic carbocycles. The van der Waals surface area contributed by atoms with Gasteiger partial charge in [0.2, 0.25) is 11.4 Å². The van der Waals surface area contributed by atoms with E-state index < -0.39 is 35.3 Å². The van der Waals surface area contributed by atoms with Crippen molar-refractivity contribution in [3.63, 3.8) is 0 Å². The van der Waals surface area contributed by atoms with E-state index in [1.54, 1.807) is 54.6 Å². The number of rotatable bonds is 12. The van der Waals surface area contributed by atoms with E-state index in [-0.39, 0.29) is 32.5 Å². The fourth-order valence-electron chi connectivity index (χ4n) is 2.94. The highest BCUT2D eigenvalue weighted by molar-refractivity contribution is 6.03. The lowest BCUT2D eigenvalue weighted by Gasteiger charge is -2.23. The summed E-state index contributed by atoms with van der Waals surface area (Å²) in [5, 5.41) is 9.48. The van der Waals surface area contributed by atoms with Gasteiger partial charge in [-0.3, -0.25) is 9.59 Å². The lowest BCUT2D eigenvalue weighted by atomic mass is 9.90. The number of primary amides is 1. The number of carbonyl (C=O) groups is 4. The highest BCUT2D eigenvalue weighted by Gasteiger charge is 2.44. The largest absolute Gasteiger partial charge is 0.479 e. The molecule has 170 valence electrons. The minimum Gasteiger partial charge on any atom is -0.479 e. The van der Waals surface area contributed by atoms with Crippen LogP contribution >= 0.6 is 0 Å². The molecule has 0 aromatic heterocycles. The SMILES string of the molecule is NC(=O)C(CCCC(N)(C(=O)O)C(=O)OCc1ccccc1)C(=O)OCc1ccccc1. The predicted octanol–water partition coefficient (Wildman–Crippen LogP) is 1.53. The van der Waals surface area contributed by atoms with Gasteiger partial charge in [-0.05, 0) is 30.4 Å². The molecule has 0 radical (unpaired) electrons. The first-order chi connectivity index (χ1) is 15.2. The third-order valence-electron chi connectivity index (χ3n) is 4.87. The van der Waals surface area contributed by atoms with Crippen LogP contribution in [-0.4, -0.2) is 34.5 Å². The third kappa shape index (κ3) is 6.92. The van der Waals surface area contributed by atoms with Crippen LogP contribution in [0.3, 0.4) is 0 Å². The fourth-order valence-corrected chi connectivity index (χ4v) is 2.94. The van der Waals surface area contributed by atoms with Crippen molar-refractivity contribution in [2.75, 3.05) is 0 Å². The maximum atomic E-state index is 12.4. The maximum absolute atomic E-state index is 12.4. The van der Waals surface area contributed by atoms with Crippen molar-refractivity contribution >= 4 is 23.8 Å². The molecule has 1 amide bonds. The van der Waals surface area contributed by atoms with Gasteiger partial charge in [0.25, 0.3) is 0 Å². The second-order valence-electron chi connectivity index (χ2n) is 7.28. The highest BCUT2D eigenvalue weighted by atomic mass is 16.5. The summed E-state index contributed by atoms with van der Waals surface area (Å²) in [7, 11) is 0. The molecular weight excluding hydrogens is 416 g/mol. The molecule has 9 nitrogen and oxygen atoms in total. The Morgan fingerprint density at radius 1 is 0.875 bits per heavy atom. The molecule has 2 atom stereocenters. The monoisotopic (exact) mass is 442 g/mol. The number of benzene rings is 2. The number of hydrogen-bond acceptors (Lipinski definition) is 7. The van der Waals surface area contributed by atoms with Gasteiger partial charge in [0.1, 0.15) is 19.1 Å². The molecule has 2 aromatic rings. The standard InChI is InChI=1S/C23H26N2O7/c24-19(26)18(20(27)31-14-16-8-3-1-4-9-16)12-7-13-23(25,21(28)29)22(30)32-15-17-10-5-2-6-11-17/h1-6,8-11,18H,7,12-15,25H2,(H2,24,26)(H,28,29). The van der Waals surface area contributed by atoms with E-state index in [2.05, 4.69) is 0 Å². The third-order valence-corrected chi connectivity index (χ3v) is 4.87. The lowest BCUT2D eigenvalue weighted by molar-refractivity contribution is -0.162. The minimum absolute atomic E-state index is 0.0365. The van der Waals surface area contributed by atoms with Crippen LogP contribution < -0.4 is 11.5 Å². The number of carbonyl (C=O) groups excluding carboxylic acids is 3. The normalized spacial score (nSPS) is 13.4. The van der Waals surface area contributed by atoms with Crippen LogP contribution in [0.5, 0.6) is 0 Å². The van der Waals surface area contributed by atoms with Crippen LogP contribution in [0, 0.1) is 5.92 Å². The smallest absolute Gasteiger partial charge is 0.338 e.